The predicted octanol–water partition coefficient (Wildman–Crippen LogP) is 4.46. The Bertz CT molecular complexity index is 747. The molecule has 1 heterocycles. The maximum absolute atomic E-state index is 4.33. The Morgan fingerprint density at radius 2 is 1.85 bits per heavy atom. The molecule has 2 nitrogen and oxygen atoms in total. The Labute approximate surface area is 119 Å². The van der Waals surface area contributed by atoms with E-state index in [1.165, 1.54) is 16.7 Å². The van der Waals surface area contributed by atoms with E-state index >= 15 is 0 Å². The van der Waals surface area contributed by atoms with Crippen LogP contribution in [0.15, 0.2) is 54.7 Å². The number of anilines is 1. The van der Waals surface area contributed by atoms with Gasteiger partial charge in [0.15, 0.2) is 0 Å². The van der Waals surface area contributed by atoms with Crippen LogP contribution in [0.3, 0.4) is 0 Å². The summed E-state index contributed by atoms with van der Waals surface area (Å²) in [6, 6.07) is 16.9. The van der Waals surface area contributed by atoms with Gasteiger partial charge in [0.25, 0.3) is 0 Å². The normalized spacial score (nSPS) is 10.7. The molecule has 0 unspecified atom stereocenters. The van der Waals surface area contributed by atoms with E-state index in [0.29, 0.717) is 0 Å². The molecule has 0 aliphatic rings. The monoisotopic (exact) mass is 262 g/mol. The van der Waals surface area contributed by atoms with E-state index in [0.717, 1.165) is 23.1 Å². The number of hydrogen-bond donors (Lipinski definition) is 1. The quantitative estimate of drug-likeness (QED) is 0.753. The molecule has 0 saturated heterocycles. The molecule has 3 aromatic rings. The van der Waals surface area contributed by atoms with Crippen molar-refractivity contribution in [3.63, 3.8) is 0 Å². The third kappa shape index (κ3) is 2.64. The van der Waals surface area contributed by atoms with Gasteiger partial charge in [0, 0.05) is 23.8 Å². The van der Waals surface area contributed by atoms with Crippen LogP contribution in [0.2, 0.25) is 0 Å². The lowest BCUT2D eigenvalue weighted by molar-refractivity contribution is 1.13. The van der Waals surface area contributed by atoms with Gasteiger partial charge in [0.2, 0.25) is 0 Å². The molecule has 0 saturated carbocycles. The summed E-state index contributed by atoms with van der Waals surface area (Å²) in [4.78, 5) is 4.33. The van der Waals surface area contributed by atoms with Crippen LogP contribution in [-0.2, 0) is 6.54 Å². The second-order valence-electron chi connectivity index (χ2n) is 5.18. The van der Waals surface area contributed by atoms with Gasteiger partial charge in [-0.1, -0.05) is 24.3 Å². The topological polar surface area (TPSA) is 24.9 Å². The maximum atomic E-state index is 4.33. The second kappa shape index (κ2) is 5.33. The molecule has 2 heteroatoms. The van der Waals surface area contributed by atoms with E-state index in [9.17, 15) is 0 Å². The average molecular weight is 262 g/mol. The van der Waals surface area contributed by atoms with Crippen LogP contribution in [0, 0.1) is 13.8 Å². The Hall–Kier alpha value is -2.35. The van der Waals surface area contributed by atoms with Crippen LogP contribution in [0.4, 0.5) is 5.69 Å². The summed E-state index contributed by atoms with van der Waals surface area (Å²) in [5, 5.41) is 4.64. The van der Waals surface area contributed by atoms with Crippen LogP contribution in [0.1, 0.15) is 16.7 Å². The number of rotatable bonds is 3. The van der Waals surface area contributed by atoms with Gasteiger partial charge in [0.05, 0.1) is 5.52 Å². The smallest absolute Gasteiger partial charge is 0.0703 e. The minimum absolute atomic E-state index is 0.840. The van der Waals surface area contributed by atoms with E-state index < -0.39 is 0 Å². The van der Waals surface area contributed by atoms with Gasteiger partial charge in [-0.2, -0.15) is 0 Å². The Morgan fingerprint density at radius 1 is 0.950 bits per heavy atom. The number of aromatic nitrogens is 1. The van der Waals surface area contributed by atoms with Crippen LogP contribution < -0.4 is 5.32 Å². The molecule has 0 bridgehead atoms. The van der Waals surface area contributed by atoms with Crippen molar-refractivity contribution in [2.24, 2.45) is 0 Å². The first-order valence-electron chi connectivity index (χ1n) is 6.87. The van der Waals surface area contributed by atoms with Crippen molar-refractivity contribution >= 4 is 16.6 Å². The first-order chi connectivity index (χ1) is 9.72. The van der Waals surface area contributed by atoms with Gasteiger partial charge in [-0.15, -0.1) is 0 Å². The van der Waals surface area contributed by atoms with Crippen molar-refractivity contribution in [3.05, 3.63) is 71.4 Å². The fraction of sp³-hybridized carbons (Fsp3) is 0.167. The first-order valence-corrected chi connectivity index (χ1v) is 6.87. The van der Waals surface area contributed by atoms with E-state index in [-0.39, 0.29) is 0 Å². The molecule has 1 N–H and O–H groups in total. The Balaban J connectivity index is 1.77. The molecule has 100 valence electrons. The molecule has 0 aliphatic carbocycles. The lowest BCUT2D eigenvalue weighted by atomic mass is 10.1. The number of benzene rings is 2. The highest BCUT2D eigenvalue weighted by atomic mass is 14.9. The Kier molecular flexibility index (Phi) is 3.38. The Morgan fingerprint density at radius 3 is 2.70 bits per heavy atom. The largest absolute Gasteiger partial charge is 0.381 e. The van der Waals surface area contributed by atoms with Crippen molar-refractivity contribution in [2.75, 3.05) is 5.32 Å². The van der Waals surface area contributed by atoms with Crippen LogP contribution in [0.25, 0.3) is 10.9 Å². The molecular weight excluding hydrogens is 244 g/mol. The van der Waals surface area contributed by atoms with Gasteiger partial charge in [-0.05, 0) is 54.8 Å². The molecule has 0 radical (unpaired) electrons. The van der Waals surface area contributed by atoms with Crippen LogP contribution in [0.5, 0.6) is 0 Å². The zero-order chi connectivity index (χ0) is 13.9. The van der Waals surface area contributed by atoms with Crippen molar-refractivity contribution in [1.29, 1.82) is 0 Å². The molecule has 20 heavy (non-hydrogen) atoms. The number of aryl methyl sites for hydroxylation is 2. The lowest BCUT2D eigenvalue weighted by Gasteiger charge is -2.09. The summed E-state index contributed by atoms with van der Waals surface area (Å²) in [5.41, 5.74) is 6.14. The molecule has 0 atom stereocenters. The highest BCUT2D eigenvalue weighted by Gasteiger charge is 1.99. The second-order valence-corrected chi connectivity index (χ2v) is 5.18. The summed E-state index contributed by atoms with van der Waals surface area (Å²) in [6.07, 6.45) is 1.82. The fourth-order valence-electron chi connectivity index (χ4n) is 2.30. The molecule has 0 amide bonds. The summed E-state index contributed by atoms with van der Waals surface area (Å²) in [5.74, 6) is 0. The maximum Gasteiger partial charge on any atom is 0.0703 e. The molecule has 3 rings (SSSR count). The SMILES string of the molecule is Cc1ccc(CNc2ccc3ncccc3c2)cc1C. The van der Waals surface area contributed by atoms with Crippen LogP contribution >= 0.6 is 0 Å². The summed E-state index contributed by atoms with van der Waals surface area (Å²) >= 11 is 0. The average Bonchev–Trinajstić information content (AvgIpc) is 2.48. The molecule has 0 fully saturated rings. The van der Waals surface area contributed by atoms with E-state index in [4.69, 9.17) is 0 Å². The number of pyridine rings is 1. The standard InChI is InChI=1S/C18H18N2/c1-13-5-6-15(10-14(13)2)12-20-17-7-8-18-16(11-17)4-3-9-19-18/h3-11,20H,12H2,1-2H3. The zero-order valence-electron chi connectivity index (χ0n) is 11.9. The van der Waals surface area contributed by atoms with Gasteiger partial charge >= 0.3 is 0 Å². The third-order valence-electron chi connectivity index (χ3n) is 3.67. The zero-order valence-corrected chi connectivity index (χ0v) is 11.9. The van der Waals surface area contributed by atoms with Gasteiger partial charge < -0.3 is 5.32 Å². The van der Waals surface area contributed by atoms with Gasteiger partial charge in [0.1, 0.15) is 0 Å². The summed E-state index contributed by atoms with van der Waals surface area (Å²) in [7, 11) is 0. The molecular formula is C18H18N2. The number of nitrogens with one attached hydrogen (secondary N) is 1. The minimum Gasteiger partial charge on any atom is -0.381 e. The molecule has 2 aromatic carbocycles. The van der Waals surface area contributed by atoms with Crippen LogP contribution in [-0.4, -0.2) is 4.98 Å². The van der Waals surface area contributed by atoms with Gasteiger partial charge in [-0.3, -0.25) is 4.98 Å². The van der Waals surface area contributed by atoms with Crippen molar-refractivity contribution < 1.29 is 0 Å². The lowest BCUT2D eigenvalue weighted by Crippen LogP contribution is -2.00. The van der Waals surface area contributed by atoms with E-state index in [2.05, 4.69) is 66.6 Å². The first kappa shape index (κ1) is 12.7. The highest BCUT2D eigenvalue weighted by molar-refractivity contribution is 5.82. The molecule has 0 spiro atoms. The number of hydrogen-bond acceptors (Lipinski definition) is 2. The van der Waals surface area contributed by atoms with Crippen molar-refractivity contribution in [3.8, 4) is 0 Å². The summed E-state index contributed by atoms with van der Waals surface area (Å²) in [6.45, 7) is 5.14. The van der Waals surface area contributed by atoms with E-state index in [1.54, 1.807) is 0 Å². The molecule has 0 aliphatic heterocycles. The number of nitrogens with zero attached hydrogens (tertiary/aromatic N) is 1. The van der Waals surface area contributed by atoms with Crippen molar-refractivity contribution in [1.82, 2.24) is 4.98 Å². The van der Waals surface area contributed by atoms with Gasteiger partial charge in [-0.25, -0.2) is 0 Å². The summed E-state index contributed by atoms with van der Waals surface area (Å²) < 4.78 is 0. The third-order valence-corrected chi connectivity index (χ3v) is 3.67. The number of fused-ring (bicyclic) bond motifs is 1. The predicted molar refractivity (Wildman–Crippen MR) is 85.0 cm³/mol. The molecule has 1 aromatic heterocycles. The van der Waals surface area contributed by atoms with Crippen molar-refractivity contribution in [2.45, 2.75) is 20.4 Å². The fourth-order valence-corrected chi connectivity index (χ4v) is 2.30. The minimum atomic E-state index is 0.840. The highest BCUT2D eigenvalue weighted by Crippen LogP contribution is 2.18. The van der Waals surface area contributed by atoms with E-state index in [1.807, 2.05) is 12.3 Å².